The number of nitrogens with two attached hydrogens (primary N) is 1. The summed E-state index contributed by atoms with van der Waals surface area (Å²) in [5.41, 5.74) is 5.10. The van der Waals surface area contributed by atoms with E-state index in [0.717, 1.165) is 6.07 Å². The van der Waals surface area contributed by atoms with Crippen molar-refractivity contribution in [1.82, 2.24) is 0 Å². The SMILES string of the molecule is NC/C=C/c1cc(F)c(F)c(Br)c1F. The van der Waals surface area contributed by atoms with Crippen LogP contribution in [-0.4, -0.2) is 6.54 Å². The maximum absolute atomic E-state index is 13.2. The molecule has 0 aliphatic heterocycles. The van der Waals surface area contributed by atoms with Crippen molar-refractivity contribution < 1.29 is 13.2 Å². The summed E-state index contributed by atoms with van der Waals surface area (Å²) < 4.78 is 38.3. The van der Waals surface area contributed by atoms with Crippen LogP contribution < -0.4 is 5.73 Å². The largest absolute Gasteiger partial charge is 0.327 e. The molecule has 0 saturated carbocycles. The van der Waals surface area contributed by atoms with Crippen molar-refractivity contribution in [1.29, 1.82) is 0 Å². The summed E-state index contributed by atoms with van der Waals surface area (Å²) in [5, 5.41) is 0. The highest BCUT2D eigenvalue weighted by molar-refractivity contribution is 9.10. The van der Waals surface area contributed by atoms with Crippen LogP contribution in [0.4, 0.5) is 13.2 Å². The Morgan fingerprint density at radius 3 is 2.50 bits per heavy atom. The summed E-state index contributed by atoms with van der Waals surface area (Å²) in [6.45, 7) is 0.204. The van der Waals surface area contributed by atoms with E-state index in [-0.39, 0.29) is 12.1 Å². The first-order chi connectivity index (χ1) is 6.57. The number of halogens is 4. The van der Waals surface area contributed by atoms with E-state index in [0.29, 0.717) is 0 Å². The minimum Gasteiger partial charge on any atom is -0.327 e. The van der Waals surface area contributed by atoms with Crippen molar-refractivity contribution in [3.8, 4) is 0 Å². The van der Waals surface area contributed by atoms with Gasteiger partial charge in [0, 0.05) is 12.1 Å². The Morgan fingerprint density at radius 1 is 1.29 bits per heavy atom. The highest BCUT2D eigenvalue weighted by atomic mass is 79.9. The highest BCUT2D eigenvalue weighted by Gasteiger charge is 2.14. The molecule has 5 heteroatoms. The average molecular weight is 266 g/mol. The molecule has 0 unspecified atom stereocenters. The molecule has 1 nitrogen and oxygen atoms in total. The fourth-order valence-electron chi connectivity index (χ4n) is 0.907. The predicted octanol–water partition coefficient (Wildman–Crippen LogP) is 2.84. The van der Waals surface area contributed by atoms with Gasteiger partial charge >= 0.3 is 0 Å². The van der Waals surface area contributed by atoms with Crippen LogP contribution in [0.25, 0.3) is 6.08 Å². The Morgan fingerprint density at radius 2 is 1.93 bits per heavy atom. The summed E-state index contributed by atoms with van der Waals surface area (Å²) in [6, 6.07) is 0.779. The van der Waals surface area contributed by atoms with Crippen molar-refractivity contribution in [2.45, 2.75) is 0 Å². The van der Waals surface area contributed by atoms with Gasteiger partial charge in [-0.1, -0.05) is 12.2 Å². The lowest BCUT2D eigenvalue weighted by molar-refractivity contribution is 0.487. The lowest BCUT2D eigenvalue weighted by atomic mass is 10.2. The third-order valence-corrected chi connectivity index (χ3v) is 2.26. The van der Waals surface area contributed by atoms with Gasteiger partial charge in [0.1, 0.15) is 5.82 Å². The Balaban J connectivity index is 3.26. The number of hydrogen-bond acceptors (Lipinski definition) is 1. The molecule has 0 aliphatic carbocycles. The van der Waals surface area contributed by atoms with Gasteiger partial charge in [-0.3, -0.25) is 0 Å². The van der Waals surface area contributed by atoms with Gasteiger partial charge in [-0.2, -0.15) is 0 Å². The van der Waals surface area contributed by atoms with E-state index < -0.39 is 21.9 Å². The van der Waals surface area contributed by atoms with Crippen molar-refractivity contribution in [3.63, 3.8) is 0 Å². The molecule has 1 rings (SSSR count). The van der Waals surface area contributed by atoms with Gasteiger partial charge in [0.15, 0.2) is 11.6 Å². The number of rotatable bonds is 2. The van der Waals surface area contributed by atoms with Crippen LogP contribution in [-0.2, 0) is 0 Å². The van der Waals surface area contributed by atoms with Crippen molar-refractivity contribution >= 4 is 22.0 Å². The quantitative estimate of drug-likeness (QED) is 0.646. The van der Waals surface area contributed by atoms with E-state index >= 15 is 0 Å². The summed E-state index contributed by atoms with van der Waals surface area (Å²) >= 11 is 2.62. The first kappa shape index (κ1) is 11.3. The van der Waals surface area contributed by atoms with E-state index in [4.69, 9.17) is 5.73 Å². The third-order valence-electron chi connectivity index (χ3n) is 1.56. The van der Waals surface area contributed by atoms with Crippen LogP contribution >= 0.6 is 15.9 Å². The molecule has 1 aromatic carbocycles. The van der Waals surface area contributed by atoms with Gasteiger partial charge in [-0.25, -0.2) is 13.2 Å². The summed E-state index contributed by atoms with van der Waals surface area (Å²) in [5.74, 6) is -3.17. The van der Waals surface area contributed by atoms with Gasteiger partial charge in [-0.15, -0.1) is 0 Å². The van der Waals surface area contributed by atoms with E-state index in [1.165, 1.54) is 12.2 Å². The van der Waals surface area contributed by atoms with Gasteiger partial charge in [0.25, 0.3) is 0 Å². The van der Waals surface area contributed by atoms with Crippen LogP contribution in [0.2, 0.25) is 0 Å². The molecule has 0 radical (unpaired) electrons. The second-order valence-corrected chi connectivity index (χ2v) is 3.32. The van der Waals surface area contributed by atoms with Gasteiger partial charge in [0.05, 0.1) is 4.47 Å². The molecule has 0 fully saturated rings. The molecule has 2 N–H and O–H groups in total. The minimum absolute atomic E-state index is 0.0405. The van der Waals surface area contributed by atoms with Crippen molar-refractivity contribution in [2.24, 2.45) is 5.73 Å². The van der Waals surface area contributed by atoms with Gasteiger partial charge in [-0.05, 0) is 22.0 Å². The van der Waals surface area contributed by atoms with Crippen LogP contribution in [0.5, 0.6) is 0 Å². The highest BCUT2D eigenvalue weighted by Crippen LogP contribution is 2.25. The van der Waals surface area contributed by atoms with E-state index in [9.17, 15) is 13.2 Å². The molecule has 0 heterocycles. The fourth-order valence-corrected chi connectivity index (χ4v) is 1.33. The lowest BCUT2D eigenvalue weighted by Crippen LogP contribution is -1.96. The van der Waals surface area contributed by atoms with Crippen LogP contribution in [0, 0.1) is 17.5 Å². The monoisotopic (exact) mass is 265 g/mol. The second-order valence-electron chi connectivity index (χ2n) is 2.53. The molecule has 14 heavy (non-hydrogen) atoms. The first-order valence-corrected chi connectivity index (χ1v) is 4.56. The minimum atomic E-state index is -1.23. The normalized spacial score (nSPS) is 11.2. The molecule has 0 atom stereocenters. The fraction of sp³-hybridized carbons (Fsp3) is 0.111. The summed E-state index contributed by atoms with van der Waals surface area (Å²) in [4.78, 5) is 0. The number of hydrogen-bond donors (Lipinski definition) is 1. The zero-order valence-corrected chi connectivity index (χ0v) is 8.61. The summed E-state index contributed by atoms with van der Waals surface area (Å²) in [7, 11) is 0. The average Bonchev–Trinajstić information content (AvgIpc) is 2.18. The zero-order chi connectivity index (χ0) is 10.7. The van der Waals surface area contributed by atoms with Crippen molar-refractivity contribution in [3.05, 3.63) is 39.6 Å². The smallest absolute Gasteiger partial charge is 0.175 e. The Hall–Kier alpha value is -0.810. The maximum Gasteiger partial charge on any atom is 0.175 e. The molecule has 0 spiro atoms. The standard InChI is InChI=1S/C9H7BrF3N/c10-7-8(12)5(2-1-3-14)4-6(11)9(7)13/h1-2,4H,3,14H2/b2-1+. The summed E-state index contributed by atoms with van der Waals surface area (Å²) in [6.07, 6.45) is 2.74. The first-order valence-electron chi connectivity index (χ1n) is 3.77. The van der Waals surface area contributed by atoms with Gasteiger partial charge < -0.3 is 5.73 Å². The molecule has 0 amide bonds. The topological polar surface area (TPSA) is 26.0 Å². The van der Waals surface area contributed by atoms with Crippen LogP contribution in [0.3, 0.4) is 0 Å². The predicted molar refractivity (Wildman–Crippen MR) is 52.1 cm³/mol. The molecular formula is C9H7BrF3N. The molecule has 0 aromatic heterocycles. The number of benzene rings is 1. The van der Waals surface area contributed by atoms with E-state index in [1.54, 1.807) is 0 Å². The van der Waals surface area contributed by atoms with Gasteiger partial charge in [0.2, 0.25) is 0 Å². The second kappa shape index (κ2) is 4.61. The molecule has 0 bridgehead atoms. The Labute approximate surface area is 87.5 Å². The lowest BCUT2D eigenvalue weighted by Gasteiger charge is -2.02. The Bertz CT molecular complexity index is 377. The van der Waals surface area contributed by atoms with Crippen LogP contribution in [0.1, 0.15) is 5.56 Å². The van der Waals surface area contributed by atoms with Crippen molar-refractivity contribution in [2.75, 3.05) is 6.54 Å². The maximum atomic E-state index is 13.2. The zero-order valence-electron chi connectivity index (χ0n) is 7.03. The molecule has 76 valence electrons. The third kappa shape index (κ3) is 2.16. The van der Waals surface area contributed by atoms with E-state index in [2.05, 4.69) is 15.9 Å². The molecule has 1 aromatic rings. The molecule has 0 aliphatic rings. The molecular weight excluding hydrogens is 259 g/mol. The van der Waals surface area contributed by atoms with E-state index in [1.807, 2.05) is 0 Å². The Kier molecular flexibility index (Phi) is 3.71. The molecule has 0 saturated heterocycles. The van der Waals surface area contributed by atoms with Crippen LogP contribution in [0.15, 0.2) is 16.6 Å².